The second kappa shape index (κ2) is 6.41. The van der Waals surface area contributed by atoms with Crippen LogP contribution < -0.4 is 5.32 Å². The van der Waals surface area contributed by atoms with E-state index in [4.69, 9.17) is 0 Å². The van der Waals surface area contributed by atoms with Gasteiger partial charge in [0, 0.05) is 42.4 Å². The fraction of sp³-hybridized carbons (Fsp3) is 0.308. The van der Waals surface area contributed by atoms with Crippen LogP contribution >= 0.6 is 11.3 Å². The second-order valence-electron chi connectivity index (χ2n) is 4.75. The average molecular weight is 341 g/mol. The van der Waals surface area contributed by atoms with Crippen molar-refractivity contribution in [2.45, 2.75) is 18.2 Å². The molecule has 118 valence electrons. The van der Waals surface area contributed by atoms with E-state index in [1.165, 1.54) is 12.1 Å². The Hall–Kier alpha value is -2.00. The van der Waals surface area contributed by atoms with E-state index in [1.807, 2.05) is 6.92 Å². The quantitative estimate of drug-likeness (QED) is 0.639. The zero-order valence-corrected chi connectivity index (χ0v) is 13.7. The van der Waals surface area contributed by atoms with Gasteiger partial charge in [0.1, 0.15) is 0 Å². The lowest BCUT2D eigenvalue weighted by Crippen LogP contribution is -2.09. The van der Waals surface area contributed by atoms with Crippen molar-refractivity contribution in [1.29, 1.82) is 0 Å². The number of aryl methyl sites for hydroxylation is 1. The summed E-state index contributed by atoms with van der Waals surface area (Å²) < 4.78 is 23.6. The van der Waals surface area contributed by atoms with E-state index in [0.717, 1.165) is 22.2 Å². The number of nitro benzene ring substituents is 1. The summed E-state index contributed by atoms with van der Waals surface area (Å²) in [5.74, 6) is 0. The molecular weight excluding hydrogens is 326 g/mol. The van der Waals surface area contributed by atoms with Crippen LogP contribution in [-0.2, 0) is 16.3 Å². The van der Waals surface area contributed by atoms with Crippen LogP contribution in [-0.4, -0.2) is 31.1 Å². The smallest absolute Gasteiger partial charge is 0.270 e. The van der Waals surface area contributed by atoms with Crippen LogP contribution in [0.5, 0.6) is 0 Å². The molecule has 0 atom stereocenters. The van der Waals surface area contributed by atoms with E-state index in [9.17, 15) is 18.5 Å². The maximum atomic E-state index is 11.8. The number of nitrogens with zero attached hydrogens (tertiary/aromatic N) is 2. The van der Waals surface area contributed by atoms with Crippen LogP contribution in [0.2, 0.25) is 0 Å². The minimum absolute atomic E-state index is 0.0722. The van der Waals surface area contributed by atoms with Gasteiger partial charge in [-0.25, -0.2) is 13.4 Å². The summed E-state index contributed by atoms with van der Waals surface area (Å²) in [6.45, 7) is 2.46. The summed E-state index contributed by atoms with van der Waals surface area (Å²) in [5.41, 5.74) is 0.114. The molecule has 2 rings (SSSR count). The summed E-state index contributed by atoms with van der Waals surface area (Å²) in [4.78, 5) is 15.4. The molecule has 0 unspecified atom stereocenters. The first kappa shape index (κ1) is 16.4. The van der Waals surface area contributed by atoms with Crippen LogP contribution in [0.4, 0.5) is 11.4 Å². The Morgan fingerprint density at radius 2 is 2.14 bits per heavy atom. The van der Waals surface area contributed by atoms with Gasteiger partial charge in [0.2, 0.25) is 0 Å². The molecule has 0 saturated carbocycles. The zero-order valence-electron chi connectivity index (χ0n) is 12.1. The van der Waals surface area contributed by atoms with Crippen molar-refractivity contribution in [2.24, 2.45) is 0 Å². The van der Waals surface area contributed by atoms with Gasteiger partial charge in [0.05, 0.1) is 20.5 Å². The molecular formula is C13H15N3O4S2. The van der Waals surface area contributed by atoms with Crippen molar-refractivity contribution in [3.05, 3.63) is 44.4 Å². The molecule has 1 heterocycles. The molecule has 0 fully saturated rings. The summed E-state index contributed by atoms with van der Waals surface area (Å²) in [6, 6.07) is 3.78. The molecule has 1 aromatic heterocycles. The number of rotatable bonds is 6. The highest BCUT2D eigenvalue weighted by Gasteiger charge is 2.18. The van der Waals surface area contributed by atoms with Crippen molar-refractivity contribution in [3.8, 4) is 0 Å². The van der Waals surface area contributed by atoms with Gasteiger partial charge in [-0.3, -0.25) is 10.1 Å². The van der Waals surface area contributed by atoms with E-state index in [1.54, 1.807) is 17.5 Å². The SMILES string of the molecule is Cc1cnc(CCNc2ccc([N+](=O)[O-])cc2S(C)(=O)=O)s1. The predicted octanol–water partition coefficient (Wildman–Crippen LogP) is 2.42. The maximum absolute atomic E-state index is 11.8. The fourth-order valence-corrected chi connectivity index (χ4v) is 3.56. The van der Waals surface area contributed by atoms with E-state index < -0.39 is 14.8 Å². The molecule has 0 spiro atoms. The van der Waals surface area contributed by atoms with Gasteiger partial charge < -0.3 is 5.32 Å². The first-order valence-corrected chi connectivity index (χ1v) is 9.12. The molecule has 0 aliphatic rings. The van der Waals surface area contributed by atoms with E-state index >= 15 is 0 Å². The van der Waals surface area contributed by atoms with Gasteiger partial charge in [-0.2, -0.15) is 0 Å². The van der Waals surface area contributed by atoms with E-state index in [-0.39, 0.29) is 10.6 Å². The normalized spacial score (nSPS) is 11.4. The fourth-order valence-electron chi connectivity index (χ4n) is 1.90. The summed E-state index contributed by atoms with van der Waals surface area (Å²) in [6.07, 6.45) is 3.47. The van der Waals surface area contributed by atoms with Crippen molar-refractivity contribution in [1.82, 2.24) is 4.98 Å². The second-order valence-corrected chi connectivity index (χ2v) is 8.05. The Bertz CT molecular complexity index is 799. The molecule has 0 saturated heterocycles. The van der Waals surface area contributed by atoms with Crippen LogP contribution in [0.25, 0.3) is 0 Å². The molecule has 0 radical (unpaired) electrons. The number of aromatic nitrogens is 1. The lowest BCUT2D eigenvalue weighted by atomic mass is 10.2. The zero-order chi connectivity index (χ0) is 16.3. The molecule has 1 N–H and O–H groups in total. The minimum Gasteiger partial charge on any atom is -0.384 e. The lowest BCUT2D eigenvalue weighted by Gasteiger charge is -2.10. The van der Waals surface area contributed by atoms with Crippen LogP contribution in [0.1, 0.15) is 9.88 Å². The van der Waals surface area contributed by atoms with E-state index in [2.05, 4.69) is 10.3 Å². The number of anilines is 1. The first-order valence-electron chi connectivity index (χ1n) is 6.41. The highest BCUT2D eigenvalue weighted by molar-refractivity contribution is 7.90. The Morgan fingerprint density at radius 3 is 2.68 bits per heavy atom. The number of nitro groups is 1. The summed E-state index contributed by atoms with van der Waals surface area (Å²) >= 11 is 1.58. The molecule has 0 aliphatic carbocycles. The highest BCUT2D eigenvalue weighted by Crippen LogP contribution is 2.26. The number of non-ortho nitro benzene ring substituents is 1. The molecule has 9 heteroatoms. The van der Waals surface area contributed by atoms with E-state index in [0.29, 0.717) is 18.7 Å². The number of benzene rings is 1. The molecule has 2 aromatic rings. The van der Waals surface area contributed by atoms with Gasteiger partial charge in [-0.05, 0) is 13.0 Å². The van der Waals surface area contributed by atoms with Gasteiger partial charge in [0.15, 0.2) is 9.84 Å². The molecule has 0 aliphatic heterocycles. The number of thiazole rings is 1. The van der Waals surface area contributed by atoms with Crippen molar-refractivity contribution in [3.63, 3.8) is 0 Å². The molecule has 22 heavy (non-hydrogen) atoms. The predicted molar refractivity (Wildman–Crippen MR) is 85.3 cm³/mol. The highest BCUT2D eigenvalue weighted by atomic mass is 32.2. The van der Waals surface area contributed by atoms with Crippen LogP contribution in [0, 0.1) is 17.0 Å². The summed E-state index contributed by atoms with van der Waals surface area (Å²) in [5, 5.41) is 14.7. The van der Waals surface area contributed by atoms with Crippen LogP contribution in [0.15, 0.2) is 29.3 Å². The third-order valence-corrected chi connectivity index (χ3v) is 5.01. The van der Waals surface area contributed by atoms with Crippen molar-refractivity contribution in [2.75, 3.05) is 18.1 Å². The van der Waals surface area contributed by atoms with Crippen molar-refractivity contribution >= 4 is 32.5 Å². The number of hydrogen-bond donors (Lipinski definition) is 1. The van der Waals surface area contributed by atoms with Gasteiger partial charge in [0.25, 0.3) is 5.69 Å². The Labute approximate surface area is 132 Å². The third kappa shape index (κ3) is 4.01. The maximum Gasteiger partial charge on any atom is 0.270 e. The number of hydrogen-bond acceptors (Lipinski definition) is 7. The minimum atomic E-state index is -3.56. The largest absolute Gasteiger partial charge is 0.384 e. The molecule has 1 aromatic carbocycles. The Kier molecular flexibility index (Phi) is 4.77. The number of sulfone groups is 1. The van der Waals surface area contributed by atoms with Gasteiger partial charge in [-0.15, -0.1) is 11.3 Å². The Balaban J connectivity index is 2.17. The average Bonchev–Trinajstić information content (AvgIpc) is 2.83. The van der Waals surface area contributed by atoms with Gasteiger partial charge >= 0.3 is 0 Å². The number of nitrogens with one attached hydrogen (secondary N) is 1. The topological polar surface area (TPSA) is 102 Å². The monoisotopic (exact) mass is 341 g/mol. The lowest BCUT2D eigenvalue weighted by molar-refractivity contribution is -0.385. The standard InChI is InChI=1S/C13H15N3O4S2/c1-9-8-15-13(21-9)5-6-14-11-4-3-10(16(17)18)7-12(11)22(2,19)20/h3-4,7-8,14H,5-6H2,1-2H3. The van der Waals surface area contributed by atoms with Gasteiger partial charge in [-0.1, -0.05) is 0 Å². The third-order valence-electron chi connectivity index (χ3n) is 2.90. The van der Waals surface area contributed by atoms with Crippen molar-refractivity contribution < 1.29 is 13.3 Å². The molecule has 0 amide bonds. The van der Waals surface area contributed by atoms with Crippen LogP contribution in [0.3, 0.4) is 0 Å². The first-order chi connectivity index (χ1) is 10.3. The molecule has 7 nitrogen and oxygen atoms in total. The molecule has 0 bridgehead atoms. The summed E-state index contributed by atoms with van der Waals surface area (Å²) in [7, 11) is -3.56. The Morgan fingerprint density at radius 1 is 1.41 bits per heavy atom.